The summed E-state index contributed by atoms with van der Waals surface area (Å²) in [7, 11) is 0. The zero-order chi connectivity index (χ0) is 10.4. The van der Waals surface area contributed by atoms with Gasteiger partial charge in [-0.25, -0.2) is 0 Å². The summed E-state index contributed by atoms with van der Waals surface area (Å²) >= 11 is 5.13. The van der Waals surface area contributed by atoms with E-state index in [4.69, 9.17) is 17.0 Å². The quantitative estimate of drug-likeness (QED) is 0.713. The van der Waals surface area contributed by atoms with Crippen molar-refractivity contribution < 1.29 is 4.74 Å². The molecule has 0 bridgehead atoms. The van der Waals surface area contributed by atoms with Crippen molar-refractivity contribution >= 4 is 17.4 Å². The van der Waals surface area contributed by atoms with E-state index in [1.807, 2.05) is 30.9 Å². The zero-order valence-electron chi connectivity index (χ0n) is 8.43. The molecule has 0 aliphatic carbocycles. The van der Waals surface area contributed by atoms with E-state index in [1.165, 1.54) is 0 Å². The first-order valence-electron chi connectivity index (χ1n) is 4.64. The van der Waals surface area contributed by atoms with Gasteiger partial charge in [0.25, 0.3) is 5.17 Å². The van der Waals surface area contributed by atoms with E-state index in [1.54, 1.807) is 12.4 Å². The average molecular weight is 210 g/mol. The van der Waals surface area contributed by atoms with Crippen LogP contribution in [0.25, 0.3) is 0 Å². The molecule has 14 heavy (non-hydrogen) atoms. The molecule has 0 saturated carbocycles. The van der Waals surface area contributed by atoms with E-state index in [0.29, 0.717) is 10.9 Å². The van der Waals surface area contributed by atoms with Gasteiger partial charge in [-0.3, -0.25) is 4.98 Å². The van der Waals surface area contributed by atoms with E-state index in [9.17, 15) is 0 Å². The molecule has 76 valence electrons. The van der Waals surface area contributed by atoms with Crippen LogP contribution in [-0.2, 0) is 0 Å². The second-order valence-electron chi connectivity index (χ2n) is 2.73. The molecular formula is C10H14N2OS. The highest BCUT2D eigenvalue weighted by atomic mass is 32.1. The molecule has 1 rings (SSSR count). The van der Waals surface area contributed by atoms with Crippen LogP contribution in [0.4, 0.5) is 0 Å². The van der Waals surface area contributed by atoms with Crippen LogP contribution in [-0.4, -0.2) is 28.1 Å². The van der Waals surface area contributed by atoms with Crippen molar-refractivity contribution in [2.45, 2.75) is 13.8 Å². The maximum Gasteiger partial charge on any atom is 0.264 e. The van der Waals surface area contributed by atoms with Crippen LogP contribution in [0.15, 0.2) is 24.5 Å². The molecule has 1 aromatic heterocycles. The molecule has 0 saturated heterocycles. The van der Waals surface area contributed by atoms with Gasteiger partial charge in [-0.1, -0.05) is 0 Å². The Balaban J connectivity index is 2.57. The van der Waals surface area contributed by atoms with Gasteiger partial charge >= 0.3 is 0 Å². The Kier molecular flexibility index (Phi) is 4.32. The minimum Gasteiger partial charge on any atom is -0.430 e. The molecule has 0 amide bonds. The summed E-state index contributed by atoms with van der Waals surface area (Å²) in [6.45, 7) is 5.80. The minimum atomic E-state index is 0.503. The summed E-state index contributed by atoms with van der Waals surface area (Å²) in [4.78, 5) is 5.92. The molecule has 1 aromatic rings. The van der Waals surface area contributed by atoms with Crippen LogP contribution in [0.1, 0.15) is 13.8 Å². The summed E-state index contributed by atoms with van der Waals surface area (Å²) in [6.07, 6.45) is 3.35. The van der Waals surface area contributed by atoms with Crippen molar-refractivity contribution in [3.63, 3.8) is 0 Å². The molecule has 0 aliphatic rings. The van der Waals surface area contributed by atoms with Crippen molar-refractivity contribution in [2.24, 2.45) is 0 Å². The zero-order valence-corrected chi connectivity index (χ0v) is 9.25. The van der Waals surface area contributed by atoms with Gasteiger partial charge < -0.3 is 9.64 Å². The molecule has 3 nitrogen and oxygen atoms in total. The third-order valence-electron chi connectivity index (χ3n) is 1.86. The standard InChI is InChI=1S/C10H14N2OS/c1-3-12(4-2)10(14)13-9-6-5-7-11-8-9/h5-8H,3-4H2,1-2H3. The molecule has 0 aromatic carbocycles. The first-order valence-corrected chi connectivity index (χ1v) is 5.05. The highest BCUT2D eigenvalue weighted by Crippen LogP contribution is 2.08. The fourth-order valence-electron chi connectivity index (χ4n) is 1.05. The summed E-state index contributed by atoms with van der Waals surface area (Å²) < 4.78 is 5.45. The van der Waals surface area contributed by atoms with E-state index >= 15 is 0 Å². The molecule has 0 fully saturated rings. The van der Waals surface area contributed by atoms with Crippen LogP contribution < -0.4 is 4.74 Å². The Morgan fingerprint density at radius 2 is 2.21 bits per heavy atom. The lowest BCUT2D eigenvalue weighted by molar-refractivity contribution is 0.378. The van der Waals surface area contributed by atoms with Crippen molar-refractivity contribution in [2.75, 3.05) is 13.1 Å². The average Bonchev–Trinajstić information content (AvgIpc) is 2.21. The topological polar surface area (TPSA) is 25.4 Å². The number of aromatic nitrogens is 1. The Hall–Kier alpha value is -1.16. The van der Waals surface area contributed by atoms with Gasteiger partial charge in [-0.05, 0) is 38.2 Å². The van der Waals surface area contributed by atoms with Gasteiger partial charge in [0, 0.05) is 19.3 Å². The van der Waals surface area contributed by atoms with Crippen LogP contribution >= 0.6 is 12.2 Å². The van der Waals surface area contributed by atoms with Gasteiger partial charge in [0.05, 0.1) is 6.20 Å². The van der Waals surface area contributed by atoms with Gasteiger partial charge in [0.15, 0.2) is 0 Å². The third kappa shape index (κ3) is 2.96. The van der Waals surface area contributed by atoms with Crippen molar-refractivity contribution in [1.82, 2.24) is 9.88 Å². The number of ether oxygens (including phenoxy) is 1. The lowest BCUT2D eigenvalue weighted by Gasteiger charge is -2.20. The highest BCUT2D eigenvalue weighted by Gasteiger charge is 2.06. The lowest BCUT2D eigenvalue weighted by Crippen LogP contribution is -2.32. The molecule has 4 heteroatoms. The largest absolute Gasteiger partial charge is 0.430 e. The van der Waals surface area contributed by atoms with Crippen LogP contribution in [0.3, 0.4) is 0 Å². The van der Waals surface area contributed by atoms with Gasteiger partial charge in [-0.15, -0.1) is 0 Å². The number of thiocarbonyl (C=S) groups is 1. The predicted molar refractivity (Wildman–Crippen MR) is 60.4 cm³/mol. The maximum atomic E-state index is 5.45. The lowest BCUT2D eigenvalue weighted by atomic mass is 10.5. The molecular weight excluding hydrogens is 196 g/mol. The summed E-state index contributed by atoms with van der Waals surface area (Å²) in [6, 6.07) is 3.66. The first-order chi connectivity index (χ1) is 6.77. The summed E-state index contributed by atoms with van der Waals surface area (Å²) in [5, 5.41) is 0.503. The molecule has 0 atom stereocenters. The van der Waals surface area contributed by atoms with Crippen LogP contribution in [0.5, 0.6) is 5.75 Å². The number of hydrogen-bond donors (Lipinski definition) is 0. The van der Waals surface area contributed by atoms with Crippen LogP contribution in [0, 0.1) is 0 Å². The normalized spacial score (nSPS) is 9.57. The molecule has 0 radical (unpaired) electrons. The SMILES string of the molecule is CCN(CC)C(=S)Oc1cccnc1. The number of pyridine rings is 1. The molecule has 1 heterocycles. The summed E-state index contributed by atoms with van der Waals surface area (Å²) in [5.41, 5.74) is 0. The Labute approximate surface area is 89.7 Å². The van der Waals surface area contributed by atoms with Crippen LogP contribution in [0.2, 0.25) is 0 Å². The van der Waals surface area contributed by atoms with Crippen molar-refractivity contribution in [1.29, 1.82) is 0 Å². The van der Waals surface area contributed by atoms with Gasteiger partial charge in [0.1, 0.15) is 5.75 Å². The molecule has 0 aliphatic heterocycles. The highest BCUT2D eigenvalue weighted by molar-refractivity contribution is 7.80. The fourth-order valence-corrected chi connectivity index (χ4v) is 1.41. The Morgan fingerprint density at radius 1 is 1.50 bits per heavy atom. The van der Waals surface area contributed by atoms with Crippen molar-refractivity contribution in [3.8, 4) is 5.75 Å². The predicted octanol–water partition coefficient (Wildman–Crippen LogP) is 2.09. The van der Waals surface area contributed by atoms with E-state index in [0.717, 1.165) is 13.1 Å². The van der Waals surface area contributed by atoms with E-state index in [-0.39, 0.29) is 0 Å². The Morgan fingerprint density at radius 3 is 2.71 bits per heavy atom. The molecule has 0 unspecified atom stereocenters. The van der Waals surface area contributed by atoms with Gasteiger partial charge in [0.2, 0.25) is 0 Å². The number of rotatable bonds is 3. The minimum absolute atomic E-state index is 0.503. The second-order valence-corrected chi connectivity index (χ2v) is 3.08. The van der Waals surface area contributed by atoms with Crippen molar-refractivity contribution in [3.05, 3.63) is 24.5 Å². The number of nitrogens with zero attached hydrogens (tertiary/aromatic N) is 2. The molecule has 0 spiro atoms. The Bertz CT molecular complexity index is 285. The summed E-state index contributed by atoms with van der Waals surface area (Å²) in [5.74, 6) is 0.685. The molecule has 0 N–H and O–H groups in total. The fraction of sp³-hybridized carbons (Fsp3) is 0.400. The first kappa shape index (κ1) is 10.9. The van der Waals surface area contributed by atoms with Gasteiger partial charge in [-0.2, -0.15) is 0 Å². The maximum absolute atomic E-state index is 5.45. The third-order valence-corrected chi connectivity index (χ3v) is 2.20. The number of hydrogen-bond acceptors (Lipinski definition) is 3. The smallest absolute Gasteiger partial charge is 0.264 e. The van der Waals surface area contributed by atoms with E-state index < -0.39 is 0 Å². The van der Waals surface area contributed by atoms with E-state index in [2.05, 4.69) is 4.98 Å². The monoisotopic (exact) mass is 210 g/mol. The second kappa shape index (κ2) is 5.54.